The summed E-state index contributed by atoms with van der Waals surface area (Å²) in [5.41, 5.74) is 16.5. The van der Waals surface area contributed by atoms with Crippen molar-refractivity contribution in [3.05, 3.63) is 273 Å². The van der Waals surface area contributed by atoms with Gasteiger partial charge in [-0.25, -0.2) is 0 Å². The molecule has 1 N–H and O–H groups in total. The Morgan fingerprint density at radius 3 is 1.40 bits per heavy atom. The van der Waals surface area contributed by atoms with E-state index in [2.05, 4.69) is 271 Å². The zero-order valence-corrected chi connectivity index (χ0v) is 39.3. The summed E-state index contributed by atoms with van der Waals surface area (Å²) >= 11 is 0. The fourth-order valence-electron chi connectivity index (χ4n) is 10.8. The lowest BCUT2D eigenvalue weighted by Crippen LogP contribution is -2.74. The summed E-state index contributed by atoms with van der Waals surface area (Å²) in [6, 6.07) is 99.6. The van der Waals surface area contributed by atoms with Gasteiger partial charge in [0.15, 0.2) is 8.07 Å². The number of anilines is 5. The monoisotopic (exact) mass is 910 g/mol. The van der Waals surface area contributed by atoms with Crippen LogP contribution in [0.15, 0.2) is 277 Å². The Balaban J connectivity index is 0.867. The minimum atomic E-state index is -2.63. The van der Waals surface area contributed by atoms with Crippen molar-refractivity contribution in [2.45, 2.75) is 0 Å². The first kappa shape index (κ1) is 41.2. The van der Waals surface area contributed by atoms with Crippen LogP contribution in [0.1, 0.15) is 0 Å². The first-order valence-electron chi connectivity index (χ1n) is 24.0. The van der Waals surface area contributed by atoms with Crippen LogP contribution in [0.5, 0.6) is 0 Å². The fourth-order valence-corrected chi connectivity index (χ4v) is 15.5. The summed E-state index contributed by atoms with van der Waals surface area (Å²) in [6.45, 7) is 0. The minimum absolute atomic E-state index is 0.860. The van der Waals surface area contributed by atoms with E-state index >= 15 is 0 Å². The van der Waals surface area contributed by atoms with Gasteiger partial charge in [-0.1, -0.05) is 200 Å². The van der Waals surface area contributed by atoms with E-state index < -0.39 is 8.07 Å². The number of nitrogens with one attached hydrogen (secondary N) is 1. The topological polar surface area (TPSA) is 28.4 Å². The molecule has 0 fully saturated rings. The van der Waals surface area contributed by atoms with E-state index in [1.54, 1.807) is 0 Å². The summed E-state index contributed by atoms with van der Waals surface area (Å²) in [5.74, 6) is 0. The van der Waals surface area contributed by atoms with E-state index in [1.165, 1.54) is 48.6 Å². The van der Waals surface area contributed by atoms with Gasteiger partial charge in [-0.2, -0.15) is 0 Å². The second-order valence-corrected chi connectivity index (χ2v) is 22.0. The van der Waals surface area contributed by atoms with Crippen LogP contribution in [0, 0.1) is 0 Å². The average Bonchev–Trinajstić information content (AvgIpc) is 3.81. The van der Waals surface area contributed by atoms with Crippen molar-refractivity contribution in [3.8, 4) is 44.5 Å². The lowest BCUT2D eigenvalue weighted by atomic mass is 9.92. The fraction of sp³-hybridized carbons (Fsp3) is 0. The molecule has 0 aliphatic carbocycles. The molecule has 0 saturated carbocycles. The first-order chi connectivity index (χ1) is 34.7. The third-order valence-electron chi connectivity index (χ3n) is 14.2. The Bertz CT molecular complexity index is 3730. The Kier molecular flexibility index (Phi) is 10.2. The highest BCUT2D eigenvalue weighted by Gasteiger charge is 2.41. The van der Waals surface area contributed by atoms with Crippen LogP contribution in [-0.4, -0.2) is 8.07 Å². The van der Waals surface area contributed by atoms with Crippen LogP contribution in [-0.2, 0) is 0 Å². The van der Waals surface area contributed by atoms with E-state index in [4.69, 9.17) is 4.42 Å². The predicted molar refractivity (Wildman–Crippen MR) is 297 cm³/mol. The van der Waals surface area contributed by atoms with E-state index in [0.29, 0.717) is 0 Å². The van der Waals surface area contributed by atoms with Crippen molar-refractivity contribution in [1.29, 1.82) is 0 Å². The molecule has 0 spiro atoms. The molecule has 13 rings (SSSR count). The second-order valence-electron chi connectivity index (χ2n) is 18.1. The molecule has 12 aromatic rings. The molecule has 0 radical (unpaired) electrons. The number of hydrogen-bond donors (Lipinski definition) is 1. The molecule has 0 amide bonds. The van der Waals surface area contributed by atoms with E-state index in [9.17, 15) is 0 Å². The quantitative estimate of drug-likeness (QED) is 0.116. The molecule has 0 atom stereocenters. The van der Waals surface area contributed by atoms with Gasteiger partial charge in [-0.3, -0.25) is 0 Å². The summed E-state index contributed by atoms with van der Waals surface area (Å²) in [6.07, 6.45) is 0. The number of rotatable bonds is 9. The number of hydrogen-bond acceptors (Lipinski definition) is 3. The highest BCUT2D eigenvalue weighted by Crippen LogP contribution is 2.43. The maximum absolute atomic E-state index is 6.46. The molecule has 1 aromatic heterocycles. The lowest BCUT2D eigenvalue weighted by molar-refractivity contribution is 0.669. The number of benzene rings is 11. The zero-order valence-electron chi connectivity index (χ0n) is 38.3. The highest BCUT2D eigenvalue weighted by atomic mass is 28.3. The van der Waals surface area contributed by atoms with Crippen molar-refractivity contribution < 1.29 is 4.42 Å². The van der Waals surface area contributed by atoms with Gasteiger partial charge in [0.05, 0.1) is 0 Å². The van der Waals surface area contributed by atoms with Crippen LogP contribution in [0.4, 0.5) is 28.4 Å². The highest BCUT2D eigenvalue weighted by molar-refractivity contribution is 7.19. The predicted octanol–water partition coefficient (Wildman–Crippen LogP) is 15.2. The van der Waals surface area contributed by atoms with Gasteiger partial charge in [0, 0.05) is 56.4 Å². The molecule has 330 valence electrons. The van der Waals surface area contributed by atoms with Crippen molar-refractivity contribution in [3.63, 3.8) is 0 Å². The molecule has 2 heterocycles. The molecule has 4 heteroatoms. The molecule has 1 aliphatic rings. The van der Waals surface area contributed by atoms with Gasteiger partial charge in [-0.05, 0) is 121 Å². The van der Waals surface area contributed by atoms with Crippen molar-refractivity contribution in [1.82, 2.24) is 0 Å². The van der Waals surface area contributed by atoms with E-state index in [0.717, 1.165) is 67.1 Å². The van der Waals surface area contributed by atoms with Crippen LogP contribution < -0.4 is 31.0 Å². The summed E-state index contributed by atoms with van der Waals surface area (Å²) < 4.78 is 6.46. The maximum atomic E-state index is 6.46. The number of fused-ring (bicyclic) bond motifs is 9. The first-order valence-corrected chi connectivity index (χ1v) is 26.0. The third-order valence-corrected chi connectivity index (χ3v) is 19.0. The number of nitrogens with zero attached hydrogens (tertiary/aromatic N) is 1. The molecular weight excluding hydrogens is 865 g/mol. The van der Waals surface area contributed by atoms with Crippen LogP contribution in [0.3, 0.4) is 0 Å². The standard InChI is InChI=1S/C66H46N2OSi/c1-4-17-55(18-5-1)70(56-19-6-2-7-20-56,57-21-8-3-9-22-57)58-39-31-47(32-40-58)46-27-34-52(35-28-46)68(54-38-41-61-60-24-11-13-26-65(60)69-66(61)45-54)53-36-29-48(30-37-53)49-33-42-64-62(44-49)51-16-14-15-50(43-51)59-23-10-12-25-63(59)67-64/h1-45,67H. The van der Waals surface area contributed by atoms with Gasteiger partial charge in [0.1, 0.15) is 11.2 Å². The smallest absolute Gasteiger partial charge is 0.179 e. The SMILES string of the molecule is c1ccc([Si](c2ccccc2)(c2ccccc2)c2ccc(-c3ccc(N(c4ccc(-c5ccc6c(c5)-c5cccc(c5)-c5ccccc5N6)cc4)c4ccc5c(c4)oc4ccccc45)cc3)cc2)cc1. The molecular formula is C66H46N2OSi. The van der Waals surface area contributed by atoms with E-state index in [-0.39, 0.29) is 0 Å². The van der Waals surface area contributed by atoms with Crippen molar-refractivity contribution >= 4 is 79.2 Å². The Morgan fingerprint density at radius 2 is 0.757 bits per heavy atom. The molecule has 1 aliphatic heterocycles. The molecule has 2 bridgehead atoms. The Labute approximate surface area is 409 Å². The third kappa shape index (κ3) is 7.13. The summed E-state index contributed by atoms with van der Waals surface area (Å²) in [4.78, 5) is 2.33. The Morgan fingerprint density at radius 1 is 0.286 bits per heavy atom. The minimum Gasteiger partial charge on any atom is -0.456 e. The largest absolute Gasteiger partial charge is 0.456 e. The van der Waals surface area contributed by atoms with Crippen molar-refractivity contribution in [2.24, 2.45) is 0 Å². The van der Waals surface area contributed by atoms with Gasteiger partial charge in [-0.15, -0.1) is 0 Å². The number of furan rings is 1. The van der Waals surface area contributed by atoms with Gasteiger partial charge in [0.25, 0.3) is 0 Å². The van der Waals surface area contributed by atoms with Crippen LogP contribution in [0.25, 0.3) is 66.4 Å². The maximum Gasteiger partial charge on any atom is 0.179 e. The van der Waals surface area contributed by atoms with Gasteiger partial charge < -0.3 is 14.6 Å². The van der Waals surface area contributed by atoms with E-state index in [1.807, 2.05) is 12.1 Å². The van der Waals surface area contributed by atoms with Gasteiger partial charge >= 0.3 is 0 Å². The number of para-hydroxylation sites is 2. The summed E-state index contributed by atoms with van der Waals surface area (Å²) in [7, 11) is -2.63. The van der Waals surface area contributed by atoms with Crippen molar-refractivity contribution in [2.75, 3.05) is 10.2 Å². The normalized spacial score (nSPS) is 11.8. The molecule has 3 nitrogen and oxygen atoms in total. The zero-order chi connectivity index (χ0) is 46.4. The molecule has 0 saturated heterocycles. The van der Waals surface area contributed by atoms with Crippen LogP contribution in [0.2, 0.25) is 0 Å². The average molecular weight is 911 g/mol. The summed E-state index contributed by atoms with van der Waals surface area (Å²) in [5, 5.41) is 11.4. The lowest BCUT2D eigenvalue weighted by Gasteiger charge is -2.34. The second kappa shape index (κ2) is 17.3. The molecule has 11 aromatic carbocycles. The van der Waals surface area contributed by atoms with Gasteiger partial charge in [0.2, 0.25) is 0 Å². The van der Waals surface area contributed by atoms with Crippen LogP contribution >= 0.6 is 0 Å². The Hall–Kier alpha value is -8.96. The molecule has 70 heavy (non-hydrogen) atoms. The molecule has 0 unspecified atom stereocenters.